The molecule has 1 N–H and O–H groups in total. The van der Waals surface area contributed by atoms with Gasteiger partial charge in [0.15, 0.2) is 0 Å². The molecule has 33 heavy (non-hydrogen) atoms. The van der Waals surface area contributed by atoms with Gasteiger partial charge in [-0.05, 0) is 46.9 Å². The molecule has 1 aliphatic heterocycles. The van der Waals surface area contributed by atoms with Gasteiger partial charge in [0.05, 0.1) is 16.2 Å². The normalized spacial score (nSPS) is 26.6. The quantitative estimate of drug-likeness (QED) is 0.429. The molecule has 3 aliphatic carbocycles. The first-order valence-corrected chi connectivity index (χ1v) is 11.8. The monoisotopic (exact) mass is 500 g/mol. The van der Waals surface area contributed by atoms with E-state index in [4.69, 9.17) is 0 Å². The van der Waals surface area contributed by atoms with E-state index in [1.165, 1.54) is 0 Å². The van der Waals surface area contributed by atoms with Crippen molar-refractivity contribution in [3.8, 4) is 0 Å². The van der Waals surface area contributed by atoms with E-state index >= 15 is 0 Å². The number of rotatable bonds is 3. The van der Waals surface area contributed by atoms with Gasteiger partial charge in [-0.3, -0.25) is 19.3 Å². The second-order valence-electron chi connectivity index (χ2n) is 9.05. The van der Waals surface area contributed by atoms with Crippen molar-refractivity contribution >= 4 is 39.3 Å². The molecular weight excluding hydrogens is 480 g/mol. The van der Waals surface area contributed by atoms with Crippen LogP contribution in [0.15, 0.2) is 72.8 Å². The number of benzene rings is 3. The number of anilines is 1. The fraction of sp³-hybridized carbons (Fsp3) is 0.222. The molecule has 5 nitrogen and oxygen atoms in total. The highest BCUT2D eigenvalue weighted by atomic mass is 79.9. The zero-order valence-electron chi connectivity index (χ0n) is 17.9. The predicted molar refractivity (Wildman–Crippen MR) is 128 cm³/mol. The molecule has 1 saturated heterocycles. The molecule has 0 unspecified atom stereocenters. The van der Waals surface area contributed by atoms with E-state index in [9.17, 15) is 14.4 Å². The van der Waals surface area contributed by atoms with Crippen LogP contribution >= 0.6 is 15.9 Å². The molecule has 0 aromatic heterocycles. The second kappa shape index (κ2) is 7.12. The number of aryl methyl sites for hydroxylation is 1. The summed E-state index contributed by atoms with van der Waals surface area (Å²) in [6.45, 7) is 1.65. The van der Waals surface area contributed by atoms with E-state index in [1.54, 1.807) is 6.07 Å². The molecule has 7 rings (SSSR count). The average Bonchev–Trinajstić information content (AvgIpc) is 3.06. The van der Waals surface area contributed by atoms with Crippen LogP contribution < -0.4 is 5.32 Å². The summed E-state index contributed by atoms with van der Waals surface area (Å²) in [5.41, 5.74) is 5.86. The van der Waals surface area contributed by atoms with E-state index in [2.05, 4.69) is 21.2 Å². The minimum atomic E-state index is -0.798. The number of likely N-dealkylation sites (tertiary alicyclic amines) is 1. The van der Waals surface area contributed by atoms with Crippen LogP contribution in [-0.2, 0) is 18.7 Å². The van der Waals surface area contributed by atoms with Gasteiger partial charge < -0.3 is 5.32 Å². The number of nitrogens with zero attached hydrogens (tertiary/aromatic N) is 1. The third-order valence-corrected chi connectivity index (χ3v) is 8.56. The number of nitrogens with one attached hydrogen (secondary N) is 1. The van der Waals surface area contributed by atoms with Crippen molar-refractivity contribution in [2.45, 2.75) is 17.2 Å². The van der Waals surface area contributed by atoms with E-state index in [-0.39, 0.29) is 30.2 Å². The van der Waals surface area contributed by atoms with Gasteiger partial charge in [-0.1, -0.05) is 76.6 Å². The summed E-state index contributed by atoms with van der Waals surface area (Å²) >= 11 is 3.96. The number of hydrogen-bond donors (Lipinski definition) is 1. The van der Waals surface area contributed by atoms with Crippen LogP contribution in [0, 0.1) is 18.8 Å². The molecule has 0 saturated carbocycles. The maximum Gasteiger partial charge on any atom is 0.244 e. The van der Waals surface area contributed by atoms with Gasteiger partial charge in [-0.2, -0.15) is 0 Å². The van der Waals surface area contributed by atoms with E-state index in [0.29, 0.717) is 5.69 Å². The standard InChI is InChI=1S/C27H21BrN2O3/c1-15-7-6-8-16(13-15)29-21(31)14-30-25(32)23-22-17-9-2-4-11-19(17)27(28,24(23)26(30)33)20-12-5-3-10-18(20)22/h2-13,22-24H,14H2,1H3,(H,29,31)/t22?,23-,24+,27?/m0/s1. The highest BCUT2D eigenvalue weighted by Crippen LogP contribution is 2.66. The predicted octanol–water partition coefficient (Wildman–Crippen LogP) is 4.33. The topological polar surface area (TPSA) is 66.5 Å². The smallest absolute Gasteiger partial charge is 0.244 e. The first-order valence-electron chi connectivity index (χ1n) is 11.0. The molecule has 1 heterocycles. The molecule has 2 bridgehead atoms. The van der Waals surface area contributed by atoms with Gasteiger partial charge in [0, 0.05) is 11.6 Å². The lowest BCUT2D eigenvalue weighted by Crippen LogP contribution is -2.50. The fourth-order valence-corrected chi connectivity index (χ4v) is 7.16. The summed E-state index contributed by atoms with van der Waals surface area (Å²) in [5, 5.41) is 2.82. The van der Waals surface area contributed by atoms with Crippen molar-refractivity contribution < 1.29 is 14.4 Å². The van der Waals surface area contributed by atoms with Crippen LogP contribution in [0.4, 0.5) is 5.69 Å². The molecule has 4 aliphatic rings. The molecule has 164 valence electrons. The molecule has 2 atom stereocenters. The zero-order chi connectivity index (χ0) is 22.9. The van der Waals surface area contributed by atoms with Crippen molar-refractivity contribution in [2.75, 3.05) is 11.9 Å². The third kappa shape index (κ3) is 2.73. The summed E-state index contributed by atoms with van der Waals surface area (Å²) in [5.74, 6) is -2.28. The number of carbonyl (C=O) groups excluding carboxylic acids is 3. The Labute approximate surface area is 199 Å². The van der Waals surface area contributed by atoms with Gasteiger partial charge >= 0.3 is 0 Å². The Kier molecular flexibility index (Phi) is 4.40. The zero-order valence-corrected chi connectivity index (χ0v) is 19.5. The maximum absolute atomic E-state index is 13.7. The van der Waals surface area contributed by atoms with E-state index < -0.39 is 16.2 Å². The van der Waals surface area contributed by atoms with Crippen LogP contribution in [0.2, 0.25) is 0 Å². The molecule has 6 heteroatoms. The lowest BCUT2D eigenvalue weighted by Gasteiger charge is -2.51. The lowest BCUT2D eigenvalue weighted by molar-refractivity contribution is -0.142. The second-order valence-corrected chi connectivity index (χ2v) is 10.3. The Morgan fingerprint density at radius 3 is 2.21 bits per heavy atom. The Hall–Kier alpha value is -3.25. The molecule has 1 fully saturated rings. The SMILES string of the molecule is Cc1cccc(NC(=O)CN2C(=O)[C@H]3C4c5ccccc5C(Br)(c5ccccc54)[C@H]3C2=O)c1. The molecular formula is C27H21BrN2O3. The molecule has 3 aromatic carbocycles. The van der Waals surface area contributed by atoms with Crippen LogP contribution in [-0.4, -0.2) is 29.2 Å². The number of hydrogen-bond acceptors (Lipinski definition) is 3. The largest absolute Gasteiger partial charge is 0.325 e. The number of amides is 3. The van der Waals surface area contributed by atoms with Crippen LogP contribution in [0.1, 0.15) is 33.7 Å². The number of carbonyl (C=O) groups is 3. The van der Waals surface area contributed by atoms with E-state index in [1.807, 2.05) is 73.7 Å². The van der Waals surface area contributed by atoms with Crippen LogP contribution in [0.3, 0.4) is 0 Å². The van der Waals surface area contributed by atoms with Gasteiger partial charge in [0.2, 0.25) is 17.7 Å². The van der Waals surface area contributed by atoms with E-state index in [0.717, 1.165) is 32.7 Å². The molecule has 3 amide bonds. The summed E-state index contributed by atoms with van der Waals surface area (Å²) < 4.78 is -0.798. The van der Waals surface area contributed by atoms with Crippen molar-refractivity contribution in [3.05, 3.63) is 101 Å². The van der Waals surface area contributed by atoms with Gasteiger partial charge in [0.1, 0.15) is 6.54 Å². The van der Waals surface area contributed by atoms with Gasteiger partial charge in [0.25, 0.3) is 0 Å². The number of imide groups is 1. The lowest BCUT2D eigenvalue weighted by atomic mass is 9.55. The summed E-state index contributed by atoms with van der Waals surface area (Å²) in [7, 11) is 0. The highest BCUT2D eigenvalue weighted by Gasteiger charge is 2.67. The highest BCUT2D eigenvalue weighted by molar-refractivity contribution is 9.09. The van der Waals surface area contributed by atoms with Gasteiger partial charge in [-0.25, -0.2) is 0 Å². The summed E-state index contributed by atoms with van der Waals surface area (Å²) in [6.07, 6.45) is 0. The Bertz CT molecular complexity index is 1300. The average molecular weight is 501 g/mol. The first-order chi connectivity index (χ1) is 15.9. The molecule has 0 spiro atoms. The van der Waals surface area contributed by atoms with Crippen LogP contribution in [0.25, 0.3) is 0 Å². The minimum Gasteiger partial charge on any atom is -0.325 e. The maximum atomic E-state index is 13.7. The minimum absolute atomic E-state index is 0.205. The first kappa shape index (κ1) is 20.4. The van der Waals surface area contributed by atoms with Crippen molar-refractivity contribution in [1.29, 1.82) is 0 Å². The summed E-state index contributed by atoms with van der Waals surface area (Å²) in [4.78, 5) is 41.3. The Morgan fingerprint density at radius 2 is 1.58 bits per heavy atom. The molecule has 0 radical (unpaired) electrons. The number of alkyl halides is 1. The van der Waals surface area contributed by atoms with Gasteiger partial charge in [-0.15, -0.1) is 0 Å². The Balaban J connectivity index is 1.39. The molecule has 3 aromatic rings. The summed E-state index contributed by atoms with van der Waals surface area (Å²) in [6, 6.07) is 23.5. The fourth-order valence-electron chi connectivity index (χ4n) is 5.96. The Morgan fingerprint density at radius 1 is 0.939 bits per heavy atom. The van der Waals surface area contributed by atoms with Crippen molar-refractivity contribution in [3.63, 3.8) is 0 Å². The van der Waals surface area contributed by atoms with Crippen LogP contribution in [0.5, 0.6) is 0 Å². The van der Waals surface area contributed by atoms with Crippen molar-refractivity contribution in [1.82, 2.24) is 4.90 Å². The van der Waals surface area contributed by atoms with Crippen molar-refractivity contribution in [2.24, 2.45) is 11.8 Å². The number of halogens is 1. The third-order valence-electron chi connectivity index (χ3n) is 7.21.